The number of hydrogen-bond donors (Lipinski definition) is 2. The third-order valence-electron chi connectivity index (χ3n) is 4.40. The van der Waals surface area contributed by atoms with Crippen LogP contribution in [0.3, 0.4) is 0 Å². The van der Waals surface area contributed by atoms with E-state index in [0.717, 1.165) is 17.3 Å². The second-order valence-corrected chi connectivity index (χ2v) is 6.46. The van der Waals surface area contributed by atoms with E-state index in [4.69, 9.17) is 4.52 Å². The number of aromatic nitrogens is 5. The predicted molar refractivity (Wildman–Crippen MR) is 108 cm³/mol. The van der Waals surface area contributed by atoms with E-state index < -0.39 is 0 Å². The van der Waals surface area contributed by atoms with E-state index in [-0.39, 0.29) is 5.91 Å². The van der Waals surface area contributed by atoms with E-state index in [9.17, 15) is 4.79 Å². The zero-order valence-corrected chi connectivity index (χ0v) is 16.2. The van der Waals surface area contributed by atoms with Crippen LogP contribution in [0.2, 0.25) is 0 Å². The molecule has 29 heavy (non-hydrogen) atoms. The van der Waals surface area contributed by atoms with Crippen molar-refractivity contribution in [2.24, 2.45) is 0 Å². The molecule has 4 rings (SSSR count). The zero-order valence-electron chi connectivity index (χ0n) is 16.2. The van der Waals surface area contributed by atoms with Crippen LogP contribution in [-0.2, 0) is 0 Å². The molecule has 0 fully saturated rings. The van der Waals surface area contributed by atoms with E-state index in [0.29, 0.717) is 28.5 Å². The maximum atomic E-state index is 12.4. The van der Waals surface area contributed by atoms with Crippen molar-refractivity contribution in [1.82, 2.24) is 24.7 Å². The molecule has 3 aromatic heterocycles. The van der Waals surface area contributed by atoms with Crippen molar-refractivity contribution < 1.29 is 9.32 Å². The van der Waals surface area contributed by atoms with Crippen LogP contribution in [0.4, 0.5) is 17.2 Å². The van der Waals surface area contributed by atoms with Crippen LogP contribution in [0.25, 0.3) is 5.82 Å². The number of nitrogens with one attached hydrogen (secondary N) is 2. The van der Waals surface area contributed by atoms with Crippen molar-refractivity contribution in [2.45, 2.75) is 20.8 Å². The maximum absolute atomic E-state index is 12.4. The summed E-state index contributed by atoms with van der Waals surface area (Å²) in [6.45, 7) is 5.35. The van der Waals surface area contributed by atoms with E-state index in [1.165, 1.54) is 6.33 Å². The molecule has 4 aromatic rings. The van der Waals surface area contributed by atoms with Gasteiger partial charge >= 0.3 is 0 Å². The lowest BCUT2D eigenvalue weighted by molar-refractivity contribution is 0.102. The van der Waals surface area contributed by atoms with Crippen LogP contribution >= 0.6 is 0 Å². The van der Waals surface area contributed by atoms with Gasteiger partial charge in [0.1, 0.15) is 35.1 Å². The molecule has 0 atom stereocenters. The normalized spacial score (nSPS) is 10.7. The van der Waals surface area contributed by atoms with Gasteiger partial charge in [-0.2, -0.15) is 0 Å². The highest BCUT2D eigenvalue weighted by molar-refractivity contribution is 6.05. The second kappa shape index (κ2) is 7.55. The van der Waals surface area contributed by atoms with E-state index in [2.05, 4.69) is 30.7 Å². The molecular weight excluding hydrogens is 370 g/mol. The van der Waals surface area contributed by atoms with Gasteiger partial charge in [-0.05, 0) is 45.0 Å². The van der Waals surface area contributed by atoms with Crippen LogP contribution in [0.1, 0.15) is 27.6 Å². The minimum absolute atomic E-state index is 0.252. The van der Waals surface area contributed by atoms with Gasteiger partial charge in [-0.3, -0.25) is 9.36 Å². The Morgan fingerprint density at radius 2 is 1.79 bits per heavy atom. The Hall–Kier alpha value is -4.01. The fraction of sp³-hybridized carbons (Fsp3) is 0.150. The Kier molecular flexibility index (Phi) is 4.78. The highest BCUT2D eigenvalue weighted by atomic mass is 16.5. The topological polar surface area (TPSA) is 111 Å². The summed E-state index contributed by atoms with van der Waals surface area (Å²) in [5, 5.41) is 9.89. The standard InChI is InChI=1S/C20H19N7O2/c1-12-19(13(2)29-26-12)20(28)25-16-6-4-15(5-7-16)24-17-10-18(23-11-22-17)27-9-8-21-14(27)3/h4-11H,1-3H3,(H,25,28)(H,22,23,24). The quantitative estimate of drug-likeness (QED) is 0.537. The summed E-state index contributed by atoms with van der Waals surface area (Å²) in [6, 6.07) is 9.16. The molecule has 0 spiro atoms. The molecule has 0 bridgehead atoms. The summed E-state index contributed by atoms with van der Waals surface area (Å²) in [6.07, 6.45) is 5.06. The molecule has 0 aliphatic heterocycles. The summed E-state index contributed by atoms with van der Waals surface area (Å²) in [7, 11) is 0. The number of aryl methyl sites for hydroxylation is 3. The van der Waals surface area contributed by atoms with Crippen molar-refractivity contribution in [2.75, 3.05) is 10.6 Å². The van der Waals surface area contributed by atoms with Gasteiger partial charge in [0, 0.05) is 29.8 Å². The van der Waals surface area contributed by atoms with Crippen LogP contribution in [0.15, 0.2) is 53.6 Å². The highest BCUT2D eigenvalue weighted by Gasteiger charge is 2.17. The molecule has 3 heterocycles. The molecule has 0 saturated carbocycles. The first-order valence-electron chi connectivity index (χ1n) is 8.95. The van der Waals surface area contributed by atoms with Gasteiger partial charge in [-0.15, -0.1) is 0 Å². The maximum Gasteiger partial charge on any atom is 0.261 e. The summed E-state index contributed by atoms with van der Waals surface area (Å²) in [4.78, 5) is 25.2. The third kappa shape index (κ3) is 3.84. The molecule has 0 unspecified atom stereocenters. The molecular formula is C20H19N7O2. The first-order valence-corrected chi connectivity index (χ1v) is 8.95. The van der Waals surface area contributed by atoms with E-state index >= 15 is 0 Å². The van der Waals surface area contributed by atoms with Gasteiger partial charge in [0.15, 0.2) is 0 Å². The molecule has 1 aromatic carbocycles. The number of imidazole rings is 1. The molecule has 9 nitrogen and oxygen atoms in total. The van der Waals surface area contributed by atoms with Gasteiger partial charge in [0.05, 0.1) is 5.69 Å². The molecule has 0 aliphatic carbocycles. The number of rotatable bonds is 5. The average Bonchev–Trinajstić information content (AvgIpc) is 3.28. The van der Waals surface area contributed by atoms with Crippen LogP contribution < -0.4 is 10.6 Å². The number of hydrogen-bond acceptors (Lipinski definition) is 7. The number of nitrogens with zero attached hydrogens (tertiary/aromatic N) is 5. The molecule has 0 aliphatic rings. The molecule has 146 valence electrons. The summed E-state index contributed by atoms with van der Waals surface area (Å²) in [5.74, 6) is 2.45. The Balaban J connectivity index is 1.46. The summed E-state index contributed by atoms with van der Waals surface area (Å²) < 4.78 is 6.92. The minimum Gasteiger partial charge on any atom is -0.361 e. The van der Waals surface area contributed by atoms with Crippen molar-refractivity contribution in [3.8, 4) is 5.82 Å². The lowest BCUT2D eigenvalue weighted by Gasteiger charge is -2.09. The number of benzene rings is 1. The Labute approximate surface area is 166 Å². The number of carbonyl (C=O) groups is 1. The predicted octanol–water partition coefficient (Wildman–Crippen LogP) is 3.57. The van der Waals surface area contributed by atoms with Crippen LogP contribution in [0, 0.1) is 20.8 Å². The molecule has 2 N–H and O–H groups in total. The van der Waals surface area contributed by atoms with Crippen molar-refractivity contribution in [3.63, 3.8) is 0 Å². The molecule has 0 saturated heterocycles. The van der Waals surface area contributed by atoms with Gasteiger partial charge < -0.3 is 15.2 Å². The Morgan fingerprint density at radius 3 is 2.45 bits per heavy atom. The summed E-state index contributed by atoms with van der Waals surface area (Å²) in [5.41, 5.74) is 2.51. The minimum atomic E-state index is -0.252. The van der Waals surface area contributed by atoms with Crippen molar-refractivity contribution >= 4 is 23.1 Å². The largest absolute Gasteiger partial charge is 0.361 e. The van der Waals surface area contributed by atoms with Crippen molar-refractivity contribution in [3.05, 3.63) is 71.9 Å². The Bertz CT molecular complexity index is 1140. The lowest BCUT2D eigenvalue weighted by atomic mass is 10.2. The van der Waals surface area contributed by atoms with E-state index in [1.54, 1.807) is 32.2 Å². The SMILES string of the molecule is Cc1noc(C)c1C(=O)Nc1ccc(Nc2cc(-n3ccnc3C)ncn2)cc1. The Morgan fingerprint density at radius 1 is 1.03 bits per heavy atom. The van der Waals surface area contributed by atoms with Crippen molar-refractivity contribution in [1.29, 1.82) is 0 Å². The third-order valence-corrected chi connectivity index (χ3v) is 4.40. The number of amides is 1. The van der Waals surface area contributed by atoms with Gasteiger partial charge in [-0.1, -0.05) is 5.16 Å². The highest BCUT2D eigenvalue weighted by Crippen LogP contribution is 2.20. The first-order chi connectivity index (χ1) is 14.0. The fourth-order valence-corrected chi connectivity index (χ4v) is 2.95. The first kappa shape index (κ1) is 18.4. The van der Waals surface area contributed by atoms with Crippen LogP contribution in [-0.4, -0.2) is 30.6 Å². The van der Waals surface area contributed by atoms with Gasteiger partial charge in [0.2, 0.25) is 0 Å². The monoisotopic (exact) mass is 389 g/mol. The number of anilines is 3. The van der Waals surface area contributed by atoms with Gasteiger partial charge in [0.25, 0.3) is 5.91 Å². The zero-order chi connectivity index (χ0) is 20.4. The van der Waals surface area contributed by atoms with E-state index in [1.807, 2.05) is 35.9 Å². The smallest absolute Gasteiger partial charge is 0.261 e. The second-order valence-electron chi connectivity index (χ2n) is 6.46. The molecule has 9 heteroatoms. The molecule has 0 radical (unpaired) electrons. The fourth-order valence-electron chi connectivity index (χ4n) is 2.95. The number of carbonyl (C=O) groups excluding carboxylic acids is 1. The average molecular weight is 389 g/mol. The van der Waals surface area contributed by atoms with Gasteiger partial charge in [-0.25, -0.2) is 15.0 Å². The lowest BCUT2D eigenvalue weighted by Crippen LogP contribution is -2.13. The van der Waals surface area contributed by atoms with Crippen LogP contribution in [0.5, 0.6) is 0 Å². The summed E-state index contributed by atoms with van der Waals surface area (Å²) >= 11 is 0. The molecule has 1 amide bonds.